The summed E-state index contributed by atoms with van der Waals surface area (Å²) in [6, 6.07) is 6.24. The van der Waals surface area contributed by atoms with Gasteiger partial charge in [-0.25, -0.2) is 0 Å². The second-order valence-electron chi connectivity index (χ2n) is 6.85. The van der Waals surface area contributed by atoms with Crippen molar-refractivity contribution in [2.24, 2.45) is 5.73 Å². The van der Waals surface area contributed by atoms with Crippen molar-refractivity contribution in [2.75, 3.05) is 27.2 Å². The summed E-state index contributed by atoms with van der Waals surface area (Å²) < 4.78 is 11.7. The second kappa shape index (κ2) is 6.47. The number of rotatable bonds is 4. The van der Waals surface area contributed by atoms with E-state index >= 15 is 0 Å². The Labute approximate surface area is 133 Å². The van der Waals surface area contributed by atoms with Crippen molar-refractivity contribution in [3.63, 3.8) is 0 Å². The molecule has 1 saturated carbocycles. The predicted octanol–water partition coefficient (Wildman–Crippen LogP) is 2.90. The number of piperidine rings is 1. The van der Waals surface area contributed by atoms with Gasteiger partial charge in [-0.3, -0.25) is 0 Å². The van der Waals surface area contributed by atoms with E-state index in [0.717, 1.165) is 50.3 Å². The lowest BCUT2D eigenvalue weighted by Gasteiger charge is -2.30. The molecular formula is C18H28N2O2. The van der Waals surface area contributed by atoms with Crippen molar-refractivity contribution in [3.8, 4) is 11.5 Å². The highest BCUT2D eigenvalue weighted by molar-refractivity contribution is 5.45. The van der Waals surface area contributed by atoms with E-state index in [4.69, 9.17) is 15.2 Å². The number of nitrogens with two attached hydrogens (primary N) is 1. The molecule has 0 unspecified atom stereocenters. The lowest BCUT2D eigenvalue weighted by molar-refractivity contribution is 0.111. The minimum atomic E-state index is -0.181. The van der Waals surface area contributed by atoms with Crippen LogP contribution in [-0.2, 0) is 5.54 Å². The molecule has 2 fully saturated rings. The van der Waals surface area contributed by atoms with Crippen molar-refractivity contribution in [2.45, 2.75) is 50.2 Å². The van der Waals surface area contributed by atoms with Crippen LogP contribution in [0.4, 0.5) is 0 Å². The molecule has 0 atom stereocenters. The maximum Gasteiger partial charge on any atom is 0.161 e. The molecule has 1 aromatic carbocycles. The Bertz CT molecular complexity index is 504. The zero-order valence-corrected chi connectivity index (χ0v) is 13.8. The highest BCUT2D eigenvalue weighted by atomic mass is 16.5. The van der Waals surface area contributed by atoms with E-state index in [-0.39, 0.29) is 11.6 Å². The molecule has 1 aromatic rings. The Morgan fingerprint density at radius 1 is 1.14 bits per heavy atom. The van der Waals surface area contributed by atoms with Crippen LogP contribution in [0.3, 0.4) is 0 Å². The number of hydrogen-bond acceptors (Lipinski definition) is 4. The van der Waals surface area contributed by atoms with E-state index in [2.05, 4.69) is 24.1 Å². The van der Waals surface area contributed by atoms with Gasteiger partial charge in [0.15, 0.2) is 11.5 Å². The average molecular weight is 304 g/mol. The number of methoxy groups -OCH3 is 1. The zero-order chi connectivity index (χ0) is 15.6. The number of ether oxygens (including phenoxy) is 2. The summed E-state index contributed by atoms with van der Waals surface area (Å²) >= 11 is 0. The molecule has 0 amide bonds. The first-order chi connectivity index (χ1) is 10.6. The molecule has 1 saturated heterocycles. The molecule has 1 aliphatic carbocycles. The van der Waals surface area contributed by atoms with Crippen LogP contribution in [0.5, 0.6) is 11.5 Å². The van der Waals surface area contributed by atoms with E-state index in [1.54, 1.807) is 7.11 Å². The Morgan fingerprint density at radius 2 is 1.82 bits per heavy atom. The summed E-state index contributed by atoms with van der Waals surface area (Å²) in [6.45, 7) is 2.19. The minimum Gasteiger partial charge on any atom is -0.493 e. The van der Waals surface area contributed by atoms with E-state index in [1.807, 2.05) is 6.07 Å². The first-order valence-electron chi connectivity index (χ1n) is 8.43. The van der Waals surface area contributed by atoms with Crippen LogP contribution in [0.15, 0.2) is 18.2 Å². The minimum absolute atomic E-state index is 0.181. The molecule has 3 rings (SSSR count). The van der Waals surface area contributed by atoms with Gasteiger partial charge in [-0.2, -0.15) is 0 Å². The number of likely N-dealkylation sites (tertiary alicyclic amines) is 1. The van der Waals surface area contributed by atoms with E-state index < -0.39 is 0 Å². The lowest BCUT2D eigenvalue weighted by atomic mass is 9.89. The van der Waals surface area contributed by atoms with Gasteiger partial charge in [-0.15, -0.1) is 0 Å². The predicted molar refractivity (Wildman–Crippen MR) is 88.5 cm³/mol. The molecule has 2 aliphatic rings. The van der Waals surface area contributed by atoms with Crippen LogP contribution in [0.2, 0.25) is 0 Å². The molecular weight excluding hydrogens is 276 g/mol. The van der Waals surface area contributed by atoms with Gasteiger partial charge in [0.1, 0.15) is 6.10 Å². The van der Waals surface area contributed by atoms with E-state index in [9.17, 15) is 0 Å². The van der Waals surface area contributed by atoms with Crippen LogP contribution >= 0.6 is 0 Å². The summed E-state index contributed by atoms with van der Waals surface area (Å²) in [5.74, 6) is 1.66. The third-order valence-electron chi connectivity index (χ3n) is 5.19. The van der Waals surface area contributed by atoms with Crippen LogP contribution in [0.25, 0.3) is 0 Å². The Balaban J connectivity index is 1.74. The highest BCUT2D eigenvalue weighted by Gasteiger charge is 2.32. The Hall–Kier alpha value is -1.26. The molecule has 4 nitrogen and oxygen atoms in total. The molecule has 2 N–H and O–H groups in total. The largest absolute Gasteiger partial charge is 0.493 e. The first-order valence-corrected chi connectivity index (χ1v) is 8.43. The molecule has 0 radical (unpaired) electrons. The zero-order valence-electron chi connectivity index (χ0n) is 13.8. The van der Waals surface area contributed by atoms with Gasteiger partial charge < -0.3 is 20.1 Å². The Kier molecular flexibility index (Phi) is 4.59. The van der Waals surface area contributed by atoms with Gasteiger partial charge in [0, 0.05) is 18.6 Å². The highest BCUT2D eigenvalue weighted by Crippen LogP contribution is 2.40. The summed E-state index contributed by atoms with van der Waals surface area (Å²) in [4.78, 5) is 2.35. The van der Waals surface area contributed by atoms with Crippen LogP contribution < -0.4 is 15.2 Å². The van der Waals surface area contributed by atoms with Crippen molar-refractivity contribution >= 4 is 0 Å². The first kappa shape index (κ1) is 15.6. The molecule has 1 heterocycles. The van der Waals surface area contributed by atoms with Crippen LogP contribution in [0, 0.1) is 0 Å². The fourth-order valence-corrected chi connectivity index (χ4v) is 3.65. The topological polar surface area (TPSA) is 47.7 Å². The molecule has 0 spiro atoms. The van der Waals surface area contributed by atoms with Gasteiger partial charge in [0.2, 0.25) is 0 Å². The third-order valence-corrected chi connectivity index (χ3v) is 5.19. The SMILES string of the molecule is COc1cc(C2(N)CCCC2)ccc1OC1CCN(C)CC1. The molecule has 1 aliphatic heterocycles. The summed E-state index contributed by atoms with van der Waals surface area (Å²) in [6.07, 6.45) is 6.98. The van der Waals surface area contributed by atoms with Gasteiger partial charge in [-0.1, -0.05) is 18.9 Å². The second-order valence-corrected chi connectivity index (χ2v) is 6.85. The van der Waals surface area contributed by atoms with Gasteiger partial charge in [-0.05, 0) is 50.4 Å². The molecule has 122 valence electrons. The number of hydrogen-bond donors (Lipinski definition) is 1. The summed E-state index contributed by atoms with van der Waals surface area (Å²) in [5, 5.41) is 0. The van der Waals surface area contributed by atoms with Gasteiger partial charge in [0.25, 0.3) is 0 Å². The summed E-state index contributed by atoms with van der Waals surface area (Å²) in [5.41, 5.74) is 7.55. The average Bonchev–Trinajstić information content (AvgIpc) is 2.98. The number of benzene rings is 1. The molecule has 4 heteroatoms. The van der Waals surface area contributed by atoms with Crippen molar-refractivity contribution < 1.29 is 9.47 Å². The standard InChI is InChI=1S/C18H28N2O2/c1-20-11-7-15(8-12-20)22-16-6-5-14(13-17(16)21-2)18(19)9-3-4-10-18/h5-6,13,15H,3-4,7-12,19H2,1-2H3. The Morgan fingerprint density at radius 3 is 2.45 bits per heavy atom. The fraction of sp³-hybridized carbons (Fsp3) is 0.667. The lowest BCUT2D eigenvalue weighted by Crippen LogP contribution is -2.35. The quantitative estimate of drug-likeness (QED) is 0.929. The fourth-order valence-electron chi connectivity index (χ4n) is 3.65. The summed E-state index contributed by atoms with van der Waals surface area (Å²) in [7, 11) is 3.87. The van der Waals surface area contributed by atoms with Crippen molar-refractivity contribution in [1.29, 1.82) is 0 Å². The normalized spacial score (nSPS) is 22.7. The maximum atomic E-state index is 6.55. The maximum absolute atomic E-state index is 6.55. The van der Waals surface area contributed by atoms with Crippen molar-refractivity contribution in [1.82, 2.24) is 4.90 Å². The van der Waals surface area contributed by atoms with Crippen molar-refractivity contribution in [3.05, 3.63) is 23.8 Å². The molecule has 22 heavy (non-hydrogen) atoms. The van der Waals surface area contributed by atoms with E-state index in [0.29, 0.717) is 0 Å². The smallest absolute Gasteiger partial charge is 0.161 e. The van der Waals surface area contributed by atoms with Gasteiger partial charge in [0.05, 0.1) is 7.11 Å². The van der Waals surface area contributed by atoms with Crippen LogP contribution in [-0.4, -0.2) is 38.3 Å². The molecule has 0 bridgehead atoms. The van der Waals surface area contributed by atoms with E-state index in [1.165, 1.54) is 18.4 Å². The third kappa shape index (κ3) is 3.23. The number of nitrogens with zero attached hydrogens (tertiary/aromatic N) is 1. The molecule has 0 aromatic heterocycles. The van der Waals surface area contributed by atoms with Crippen LogP contribution in [0.1, 0.15) is 44.1 Å². The van der Waals surface area contributed by atoms with Gasteiger partial charge >= 0.3 is 0 Å². The monoisotopic (exact) mass is 304 g/mol.